The lowest BCUT2D eigenvalue weighted by molar-refractivity contribution is -0.179. The fourth-order valence-electron chi connectivity index (χ4n) is 7.42. The summed E-state index contributed by atoms with van der Waals surface area (Å²) in [5.41, 5.74) is -0.643. The number of nitrogens with one attached hydrogen (secondary N) is 3. The summed E-state index contributed by atoms with van der Waals surface area (Å²) in [4.78, 5) is 78.0. The van der Waals surface area contributed by atoms with Crippen molar-refractivity contribution >= 4 is 51.8 Å². The quantitative estimate of drug-likeness (QED) is 0.0415. The number of esters is 1. The Morgan fingerprint density at radius 2 is 1.38 bits per heavy atom. The number of carbonyl (C=O) groups excluding carboxylic acids is 4. The van der Waals surface area contributed by atoms with Gasteiger partial charge in [0.2, 0.25) is 5.60 Å². The number of thiazole rings is 1. The second kappa shape index (κ2) is 18.7. The van der Waals surface area contributed by atoms with Gasteiger partial charge in [-0.3, -0.25) is 14.4 Å². The molecule has 1 atom stereocenters. The van der Waals surface area contributed by atoms with Crippen molar-refractivity contribution in [1.29, 1.82) is 0 Å². The zero-order chi connectivity index (χ0) is 45.6. The number of hydrogen-bond donors (Lipinski definition) is 4. The molecule has 64 heavy (non-hydrogen) atoms. The molecule has 5 aromatic rings. The third kappa shape index (κ3) is 9.72. The van der Waals surface area contributed by atoms with E-state index >= 15 is 0 Å². The molecule has 0 aliphatic carbocycles. The monoisotopic (exact) mass is 883 g/mol. The van der Waals surface area contributed by atoms with Crippen LogP contribution >= 0.6 is 11.3 Å². The molecular formula is C48H49N7O8S. The number of fused-ring (bicyclic) bond motifs is 1. The van der Waals surface area contributed by atoms with Gasteiger partial charge in [0.05, 0.1) is 12.1 Å². The summed E-state index contributed by atoms with van der Waals surface area (Å²) in [6.45, 7) is 7.92. The van der Waals surface area contributed by atoms with Gasteiger partial charge in [0.15, 0.2) is 16.5 Å². The summed E-state index contributed by atoms with van der Waals surface area (Å²) in [5, 5.41) is 27.8. The Bertz CT molecular complexity index is 2480. The summed E-state index contributed by atoms with van der Waals surface area (Å²) < 4.78 is 5.55. The Kier molecular flexibility index (Phi) is 13.1. The molecule has 1 unspecified atom stereocenters. The third-order valence-corrected chi connectivity index (χ3v) is 11.2. The molecule has 1 aromatic heterocycles. The molecule has 3 amide bonds. The fourth-order valence-corrected chi connectivity index (χ4v) is 8.17. The van der Waals surface area contributed by atoms with Crippen LogP contribution in [0.15, 0.2) is 143 Å². The molecule has 0 radical (unpaired) electrons. The van der Waals surface area contributed by atoms with Crippen LogP contribution < -0.4 is 16.0 Å². The molecule has 4 aromatic carbocycles. The molecule has 7 rings (SSSR count). The predicted octanol–water partition coefficient (Wildman–Crippen LogP) is 5.64. The van der Waals surface area contributed by atoms with Crippen LogP contribution in [0.5, 0.6) is 0 Å². The highest BCUT2D eigenvalue weighted by atomic mass is 32.1. The van der Waals surface area contributed by atoms with Crippen molar-refractivity contribution in [3.05, 3.63) is 166 Å². The van der Waals surface area contributed by atoms with Crippen LogP contribution in [0.2, 0.25) is 0 Å². The lowest BCUT2D eigenvalue weighted by atomic mass is 9.77. The Hall–Kier alpha value is -7.17. The molecule has 1 saturated heterocycles. The molecule has 3 heterocycles. The number of nitrogens with zero attached hydrogens (tertiary/aromatic N) is 4. The number of rotatable bonds is 16. The Morgan fingerprint density at radius 1 is 0.828 bits per heavy atom. The van der Waals surface area contributed by atoms with Gasteiger partial charge in [0.1, 0.15) is 22.9 Å². The van der Waals surface area contributed by atoms with Crippen LogP contribution in [-0.4, -0.2) is 92.4 Å². The Morgan fingerprint density at radius 3 is 1.91 bits per heavy atom. The first kappa shape index (κ1) is 44.9. The van der Waals surface area contributed by atoms with E-state index in [1.54, 1.807) is 26.2 Å². The molecule has 0 saturated carbocycles. The van der Waals surface area contributed by atoms with Crippen LogP contribution in [0.25, 0.3) is 0 Å². The average molecular weight is 884 g/mol. The number of carbonyl (C=O) groups is 5. The minimum atomic E-state index is -1.67. The number of carboxylic acid groups (broad SMARTS) is 1. The topological polar surface area (TPSA) is 192 Å². The van der Waals surface area contributed by atoms with E-state index < -0.39 is 58.1 Å². The highest BCUT2D eigenvalue weighted by molar-refractivity contribution is 7.14. The fraction of sp³-hybridized carbons (Fsp3) is 0.271. The average Bonchev–Trinajstić information content (AvgIpc) is 3.98. The number of benzene rings is 4. The molecule has 330 valence electrons. The summed E-state index contributed by atoms with van der Waals surface area (Å²) in [5.74, 6) is -4.49. The highest BCUT2D eigenvalue weighted by Gasteiger charge is 2.50. The molecule has 16 heteroatoms. The normalized spacial score (nSPS) is 15.7. The number of oxime groups is 1. The Balaban J connectivity index is 1.18. The van der Waals surface area contributed by atoms with Gasteiger partial charge in [-0.1, -0.05) is 126 Å². The van der Waals surface area contributed by atoms with Gasteiger partial charge >= 0.3 is 11.9 Å². The molecule has 0 bridgehead atoms. The van der Waals surface area contributed by atoms with Gasteiger partial charge in [-0.2, -0.15) is 0 Å². The second-order valence-electron chi connectivity index (χ2n) is 16.7. The van der Waals surface area contributed by atoms with Crippen LogP contribution in [0.1, 0.15) is 62.6 Å². The van der Waals surface area contributed by atoms with Crippen LogP contribution in [0, 0.1) is 0 Å². The molecule has 2 aliphatic rings. The van der Waals surface area contributed by atoms with Gasteiger partial charge in [0, 0.05) is 18.5 Å². The molecular weight excluding hydrogens is 835 g/mol. The number of anilines is 1. The van der Waals surface area contributed by atoms with E-state index in [9.17, 15) is 29.1 Å². The summed E-state index contributed by atoms with van der Waals surface area (Å²) in [6.07, 6.45) is 0.524. The number of aliphatic carboxylic acids is 1. The van der Waals surface area contributed by atoms with Gasteiger partial charge in [-0.05, 0) is 63.3 Å². The largest absolute Gasteiger partial charge is 0.477 e. The van der Waals surface area contributed by atoms with Crippen molar-refractivity contribution in [3.8, 4) is 0 Å². The maximum Gasteiger partial charge on any atom is 0.354 e. The van der Waals surface area contributed by atoms with Crippen LogP contribution in [0.4, 0.5) is 5.13 Å². The highest BCUT2D eigenvalue weighted by Crippen LogP contribution is 2.41. The Labute approximate surface area is 374 Å². The smallest absolute Gasteiger partial charge is 0.354 e. The minimum Gasteiger partial charge on any atom is -0.477 e. The number of amides is 3. The first-order valence-corrected chi connectivity index (χ1v) is 21.5. The maximum absolute atomic E-state index is 14.4. The molecule has 0 spiro atoms. The molecule has 4 N–H and O–H groups in total. The zero-order valence-electron chi connectivity index (χ0n) is 36.0. The number of hydrogen-bond acceptors (Lipinski definition) is 12. The van der Waals surface area contributed by atoms with Crippen LogP contribution in [0.3, 0.4) is 0 Å². The van der Waals surface area contributed by atoms with E-state index in [2.05, 4.69) is 21.1 Å². The summed E-state index contributed by atoms with van der Waals surface area (Å²) >= 11 is 1.20. The standard InChI is InChI=1S/C48H49N7O8S/c1-46(2,3)62-44(61)47(4,5)63-53-38(37-30-64-45(51-37)52-48(32-20-12-7-13-21-32,33-22-14-8-15-23-33)34-24-16-9-17-25-34)41(57)50-36-29-54-28-35(39(43(59)60)55(54)42(36)58)40(56)49-27-26-31-18-10-6-11-19-31/h6-25,30,36H,26-29H2,1-5H3,(H,49,56)(H,50,57)(H,51,52)(H,59,60). The number of carboxylic acids is 1. The lowest BCUT2D eigenvalue weighted by Gasteiger charge is -2.36. The summed E-state index contributed by atoms with van der Waals surface area (Å²) in [6, 6.07) is 37.8. The zero-order valence-corrected chi connectivity index (χ0v) is 36.8. The van der Waals surface area contributed by atoms with Crippen molar-refractivity contribution < 1.29 is 38.7 Å². The number of hydrazine groups is 1. The van der Waals surface area contributed by atoms with Gasteiger partial charge in [-0.15, -0.1) is 11.3 Å². The van der Waals surface area contributed by atoms with Gasteiger partial charge in [-0.25, -0.2) is 24.6 Å². The maximum atomic E-state index is 14.4. The van der Waals surface area contributed by atoms with E-state index in [4.69, 9.17) is 14.6 Å². The van der Waals surface area contributed by atoms with E-state index in [0.29, 0.717) is 11.6 Å². The van der Waals surface area contributed by atoms with Crippen molar-refractivity contribution in [2.45, 2.75) is 63.8 Å². The minimum absolute atomic E-state index is 0.0555. The van der Waals surface area contributed by atoms with Crippen molar-refractivity contribution in [2.75, 3.05) is 25.0 Å². The first-order chi connectivity index (χ1) is 30.6. The summed E-state index contributed by atoms with van der Waals surface area (Å²) in [7, 11) is 0. The van der Waals surface area contributed by atoms with Gasteiger partial charge in [0.25, 0.3) is 17.7 Å². The lowest BCUT2D eigenvalue weighted by Crippen LogP contribution is -2.46. The second-order valence-corrected chi connectivity index (χ2v) is 17.6. The van der Waals surface area contributed by atoms with E-state index in [-0.39, 0.29) is 36.6 Å². The number of aromatic nitrogens is 1. The van der Waals surface area contributed by atoms with Crippen LogP contribution in [-0.2, 0) is 45.5 Å². The molecule has 1 fully saturated rings. The van der Waals surface area contributed by atoms with E-state index in [1.165, 1.54) is 30.2 Å². The molecule has 15 nitrogen and oxygen atoms in total. The third-order valence-electron chi connectivity index (χ3n) is 10.5. The van der Waals surface area contributed by atoms with Crippen molar-refractivity contribution in [1.82, 2.24) is 25.6 Å². The van der Waals surface area contributed by atoms with E-state index in [0.717, 1.165) is 27.3 Å². The predicted molar refractivity (Wildman–Crippen MR) is 241 cm³/mol. The number of ether oxygens (including phenoxy) is 1. The first-order valence-electron chi connectivity index (χ1n) is 20.7. The molecule has 2 aliphatic heterocycles. The van der Waals surface area contributed by atoms with E-state index in [1.807, 2.05) is 121 Å². The van der Waals surface area contributed by atoms with Crippen molar-refractivity contribution in [3.63, 3.8) is 0 Å². The van der Waals surface area contributed by atoms with Gasteiger partial charge < -0.3 is 30.6 Å². The SMILES string of the molecule is CC(C)(C)OC(=O)C(C)(C)ON=C(C(=O)NC1CN2CC(C(=O)NCCc3ccccc3)=C(C(=O)O)N2C1=O)c1csc(NC(c2ccccc2)(c2ccccc2)c2ccccc2)n1. The van der Waals surface area contributed by atoms with Crippen molar-refractivity contribution in [2.24, 2.45) is 5.16 Å².